The molecule has 28 heavy (non-hydrogen) atoms. The lowest BCUT2D eigenvalue weighted by Crippen LogP contribution is -2.50. The van der Waals surface area contributed by atoms with E-state index in [1.165, 1.54) is 26.2 Å². The van der Waals surface area contributed by atoms with Gasteiger partial charge in [-0.1, -0.05) is 52.4 Å². The topological polar surface area (TPSA) is 136 Å². The number of aliphatic carboxylic acids is 1. The Bertz CT molecular complexity index is 531. The van der Waals surface area contributed by atoms with E-state index in [9.17, 15) is 24.6 Å². The minimum Gasteiger partial charge on any atom is -0.510 e. The van der Waals surface area contributed by atoms with Crippen LogP contribution in [0, 0.1) is 0 Å². The zero-order valence-corrected chi connectivity index (χ0v) is 17.3. The van der Waals surface area contributed by atoms with Crippen LogP contribution in [-0.2, 0) is 14.4 Å². The van der Waals surface area contributed by atoms with Crippen molar-refractivity contribution in [3.8, 4) is 0 Å². The number of carboxylic acid groups (broad SMARTS) is 1. The molecule has 0 aliphatic carbocycles. The van der Waals surface area contributed by atoms with Gasteiger partial charge in [-0.05, 0) is 19.8 Å². The third-order valence-corrected chi connectivity index (χ3v) is 4.31. The Morgan fingerprint density at radius 1 is 0.857 bits per heavy atom. The first-order valence-corrected chi connectivity index (χ1v) is 10.2. The minimum atomic E-state index is -1.54. The molecule has 162 valence electrons. The monoisotopic (exact) mass is 400 g/mol. The van der Waals surface area contributed by atoms with Gasteiger partial charge in [-0.15, -0.1) is 0 Å². The number of rotatable bonds is 15. The van der Waals surface area contributed by atoms with Gasteiger partial charge in [-0.2, -0.15) is 0 Å². The minimum absolute atomic E-state index is 0.160. The average molecular weight is 401 g/mol. The SMILES string of the molecule is CCCCCCCCCC(=O)NC(C(=O)NC(C(=O)O)C(C)O)=C(O)CCC. The van der Waals surface area contributed by atoms with Crippen molar-refractivity contribution < 1.29 is 29.7 Å². The zero-order valence-electron chi connectivity index (χ0n) is 17.3. The summed E-state index contributed by atoms with van der Waals surface area (Å²) in [5, 5.41) is 33.2. The molecule has 0 radical (unpaired) electrons. The van der Waals surface area contributed by atoms with E-state index in [-0.39, 0.29) is 24.3 Å². The Morgan fingerprint density at radius 2 is 1.43 bits per heavy atom. The van der Waals surface area contributed by atoms with Crippen molar-refractivity contribution in [3.05, 3.63) is 11.5 Å². The molecule has 0 saturated heterocycles. The number of unbranched alkanes of at least 4 members (excludes halogenated alkanes) is 6. The van der Waals surface area contributed by atoms with Crippen LogP contribution >= 0.6 is 0 Å². The van der Waals surface area contributed by atoms with Gasteiger partial charge in [0.15, 0.2) is 6.04 Å². The number of carboxylic acids is 1. The predicted molar refractivity (Wildman–Crippen MR) is 107 cm³/mol. The molecule has 0 spiro atoms. The Labute approximate surface area is 167 Å². The normalized spacial score (nSPS) is 14.0. The van der Waals surface area contributed by atoms with Crippen LogP contribution in [-0.4, -0.2) is 45.2 Å². The summed E-state index contributed by atoms with van der Waals surface area (Å²) in [6, 6.07) is -1.54. The summed E-state index contributed by atoms with van der Waals surface area (Å²) in [6.45, 7) is 5.18. The van der Waals surface area contributed by atoms with Crippen LogP contribution in [0.3, 0.4) is 0 Å². The number of nitrogens with one attached hydrogen (secondary N) is 2. The molecular weight excluding hydrogens is 364 g/mol. The van der Waals surface area contributed by atoms with E-state index in [2.05, 4.69) is 17.6 Å². The maximum absolute atomic E-state index is 12.4. The molecule has 0 fully saturated rings. The second kappa shape index (κ2) is 14.9. The van der Waals surface area contributed by atoms with Crippen molar-refractivity contribution in [2.24, 2.45) is 0 Å². The number of carbonyl (C=O) groups excluding carboxylic acids is 2. The van der Waals surface area contributed by atoms with Gasteiger partial charge in [0.05, 0.1) is 6.10 Å². The number of allylic oxidation sites excluding steroid dienone is 1. The summed E-state index contributed by atoms with van der Waals surface area (Å²) < 4.78 is 0. The van der Waals surface area contributed by atoms with E-state index in [1.807, 2.05) is 0 Å². The van der Waals surface area contributed by atoms with Gasteiger partial charge in [0.1, 0.15) is 11.5 Å². The molecule has 2 atom stereocenters. The molecular formula is C20H36N2O6. The lowest BCUT2D eigenvalue weighted by Gasteiger charge is -2.19. The highest BCUT2D eigenvalue weighted by Crippen LogP contribution is 2.10. The first-order chi connectivity index (χ1) is 13.2. The van der Waals surface area contributed by atoms with Crippen molar-refractivity contribution in [2.45, 2.75) is 97.1 Å². The lowest BCUT2D eigenvalue weighted by molar-refractivity contribution is -0.144. The number of carbonyl (C=O) groups is 3. The number of aliphatic hydroxyl groups is 2. The fourth-order valence-electron chi connectivity index (χ4n) is 2.67. The smallest absolute Gasteiger partial charge is 0.328 e. The molecule has 8 heteroatoms. The lowest BCUT2D eigenvalue weighted by atomic mass is 10.1. The molecule has 5 N–H and O–H groups in total. The van der Waals surface area contributed by atoms with Gasteiger partial charge in [0.25, 0.3) is 5.91 Å². The molecule has 0 bridgehead atoms. The first-order valence-electron chi connectivity index (χ1n) is 10.2. The molecule has 0 aromatic rings. The van der Waals surface area contributed by atoms with E-state index in [4.69, 9.17) is 5.11 Å². The van der Waals surface area contributed by atoms with E-state index in [0.717, 1.165) is 19.3 Å². The molecule has 0 aliphatic heterocycles. The van der Waals surface area contributed by atoms with Gasteiger partial charge < -0.3 is 26.0 Å². The molecule has 8 nitrogen and oxygen atoms in total. The molecule has 0 aliphatic rings. The Kier molecular flexibility index (Phi) is 13.8. The molecule has 2 unspecified atom stereocenters. The van der Waals surface area contributed by atoms with Crippen LogP contribution in [0.1, 0.15) is 85.0 Å². The van der Waals surface area contributed by atoms with E-state index >= 15 is 0 Å². The van der Waals surface area contributed by atoms with Crippen LogP contribution in [0.2, 0.25) is 0 Å². The van der Waals surface area contributed by atoms with E-state index in [0.29, 0.717) is 12.8 Å². The first kappa shape index (κ1) is 25.9. The van der Waals surface area contributed by atoms with Gasteiger partial charge in [-0.3, -0.25) is 9.59 Å². The fourth-order valence-corrected chi connectivity index (χ4v) is 2.67. The summed E-state index contributed by atoms with van der Waals surface area (Å²) in [4.78, 5) is 35.7. The van der Waals surface area contributed by atoms with E-state index in [1.54, 1.807) is 6.92 Å². The summed E-state index contributed by atoms with van der Waals surface area (Å²) in [5.74, 6) is -3.08. The summed E-state index contributed by atoms with van der Waals surface area (Å²) >= 11 is 0. The Balaban J connectivity index is 4.77. The van der Waals surface area contributed by atoms with Crippen LogP contribution in [0.4, 0.5) is 0 Å². The van der Waals surface area contributed by atoms with Crippen molar-refractivity contribution in [1.29, 1.82) is 0 Å². The highest BCUT2D eigenvalue weighted by atomic mass is 16.4. The summed E-state index contributed by atoms with van der Waals surface area (Å²) in [6.07, 6.45) is 6.92. The van der Waals surface area contributed by atoms with Crippen molar-refractivity contribution in [1.82, 2.24) is 10.6 Å². The van der Waals surface area contributed by atoms with E-state index < -0.39 is 29.9 Å². The number of amides is 2. The standard InChI is InChI=1S/C20H36N2O6/c1-4-6-7-8-9-10-11-13-16(25)21-18(15(24)12-5-2)19(26)22-17(14(3)23)20(27)28/h14,17,23-24H,4-13H2,1-3H3,(H,21,25)(H,22,26)(H,27,28). The molecule has 0 heterocycles. The van der Waals surface area contributed by atoms with Crippen molar-refractivity contribution in [3.63, 3.8) is 0 Å². The Hall–Kier alpha value is -2.09. The molecule has 0 saturated carbocycles. The van der Waals surface area contributed by atoms with Crippen LogP contribution in [0.15, 0.2) is 11.5 Å². The van der Waals surface area contributed by atoms with Crippen molar-refractivity contribution in [2.75, 3.05) is 0 Å². The summed E-state index contributed by atoms with van der Waals surface area (Å²) in [5.41, 5.74) is -0.360. The third kappa shape index (κ3) is 10.9. The van der Waals surface area contributed by atoms with Crippen LogP contribution in [0.25, 0.3) is 0 Å². The predicted octanol–water partition coefficient (Wildman–Crippen LogP) is 2.76. The van der Waals surface area contributed by atoms with Gasteiger partial charge in [0, 0.05) is 12.8 Å². The molecule has 2 amide bonds. The zero-order chi connectivity index (χ0) is 21.5. The van der Waals surface area contributed by atoms with Gasteiger partial charge >= 0.3 is 5.97 Å². The molecule has 0 aromatic carbocycles. The maximum Gasteiger partial charge on any atom is 0.328 e. The highest BCUT2D eigenvalue weighted by molar-refractivity contribution is 5.99. The van der Waals surface area contributed by atoms with Crippen molar-refractivity contribution >= 4 is 17.8 Å². The maximum atomic E-state index is 12.4. The Morgan fingerprint density at radius 3 is 1.93 bits per heavy atom. The summed E-state index contributed by atoms with van der Waals surface area (Å²) in [7, 11) is 0. The molecule has 0 aromatic heterocycles. The van der Waals surface area contributed by atoms with Gasteiger partial charge in [-0.25, -0.2) is 4.79 Å². The number of hydrogen-bond donors (Lipinski definition) is 5. The average Bonchev–Trinajstić information content (AvgIpc) is 2.62. The fraction of sp³-hybridized carbons (Fsp3) is 0.750. The van der Waals surface area contributed by atoms with Gasteiger partial charge in [0.2, 0.25) is 5.91 Å². The highest BCUT2D eigenvalue weighted by Gasteiger charge is 2.28. The quantitative estimate of drug-likeness (QED) is 0.163. The molecule has 0 rings (SSSR count). The third-order valence-electron chi connectivity index (χ3n) is 4.31. The second-order valence-corrected chi connectivity index (χ2v) is 7.02. The number of hydrogen-bond acceptors (Lipinski definition) is 5. The number of aliphatic hydroxyl groups excluding tert-OH is 2. The second-order valence-electron chi connectivity index (χ2n) is 7.02. The van der Waals surface area contributed by atoms with Crippen LogP contribution in [0.5, 0.6) is 0 Å². The largest absolute Gasteiger partial charge is 0.510 e. The van der Waals surface area contributed by atoms with Crippen LogP contribution < -0.4 is 10.6 Å².